The molecule has 1 atom stereocenters. The molecule has 3 N–H and O–H groups in total. The average molecular weight is 215 g/mol. The largest absolute Gasteiger partial charge is 0.444 e. The molecule has 0 bridgehead atoms. The van der Waals surface area contributed by atoms with Crippen LogP contribution >= 0.6 is 0 Å². The van der Waals surface area contributed by atoms with E-state index in [0.29, 0.717) is 6.04 Å². The Morgan fingerprint density at radius 3 is 2.73 bits per heavy atom. The van der Waals surface area contributed by atoms with Crippen molar-refractivity contribution in [3.8, 4) is 0 Å². The van der Waals surface area contributed by atoms with Crippen LogP contribution < -0.4 is 10.6 Å². The standard InChI is InChI=1S/C11H22N2O2/c1-11(2,3)15-10(14)13-8-9-6-4-5-7-12-9/h9,12H,4-8H2,1-3H3,(H,13,14)/p+1/t9-/m0/s1. The summed E-state index contributed by atoms with van der Waals surface area (Å²) in [5.41, 5.74) is -0.402. The minimum absolute atomic E-state index is 0.304. The molecule has 1 fully saturated rings. The lowest BCUT2D eigenvalue weighted by Gasteiger charge is -2.23. The fourth-order valence-corrected chi connectivity index (χ4v) is 1.74. The van der Waals surface area contributed by atoms with E-state index in [1.54, 1.807) is 0 Å². The maximum absolute atomic E-state index is 11.4. The second-order valence-electron chi connectivity index (χ2n) is 5.16. The van der Waals surface area contributed by atoms with Crippen molar-refractivity contribution in [1.82, 2.24) is 5.32 Å². The van der Waals surface area contributed by atoms with Gasteiger partial charge in [-0.25, -0.2) is 4.79 Å². The molecule has 1 saturated heterocycles. The molecule has 1 heterocycles. The maximum Gasteiger partial charge on any atom is 0.407 e. The Bertz CT molecular complexity index is 205. The number of hydrogen-bond donors (Lipinski definition) is 2. The van der Waals surface area contributed by atoms with Gasteiger partial charge >= 0.3 is 6.09 Å². The summed E-state index contributed by atoms with van der Waals surface area (Å²) in [6, 6.07) is 0.534. The molecule has 1 aliphatic heterocycles. The van der Waals surface area contributed by atoms with Gasteiger partial charge in [-0.15, -0.1) is 0 Å². The number of piperidine rings is 1. The van der Waals surface area contributed by atoms with E-state index < -0.39 is 5.60 Å². The average Bonchev–Trinajstić information content (AvgIpc) is 2.14. The van der Waals surface area contributed by atoms with Crippen LogP contribution in [0.3, 0.4) is 0 Å². The normalized spacial score (nSPS) is 22.2. The Morgan fingerprint density at radius 2 is 2.20 bits per heavy atom. The lowest BCUT2D eigenvalue weighted by molar-refractivity contribution is -0.695. The summed E-state index contributed by atoms with van der Waals surface area (Å²) in [5.74, 6) is 0. The zero-order valence-electron chi connectivity index (χ0n) is 10.0. The van der Waals surface area contributed by atoms with Gasteiger partial charge in [0.05, 0.1) is 13.1 Å². The van der Waals surface area contributed by atoms with E-state index in [1.807, 2.05) is 20.8 Å². The van der Waals surface area contributed by atoms with Crippen LogP contribution in [0.5, 0.6) is 0 Å². The van der Waals surface area contributed by atoms with Gasteiger partial charge in [0.2, 0.25) is 0 Å². The van der Waals surface area contributed by atoms with E-state index in [-0.39, 0.29) is 6.09 Å². The molecular weight excluding hydrogens is 192 g/mol. The quantitative estimate of drug-likeness (QED) is 0.710. The molecule has 0 aromatic rings. The molecule has 0 aliphatic carbocycles. The third-order valence-corrected chi connectivity index (χ3v) is 2.44. The van der Waals surface area contributed by atoms with Gasteiger partial charge in [-0.3, -0.25) is 0 Å². The topological polar surface area (TPSA) is 54.9 Å². The number of nitrogens with one attached hydrogen (secondary N) is 1. The molecule has 88 valence electrons. The summed E-state index contributed by atoms with van der Waals surface area (Å²) in [6.07, 6.45) is 3.46. The highest BCUT2D eigenvalue weighted by Crippen LogP contribution is 2.06. The van der Waals surface area contributed by atoms with Crippen molar-refractivity contribution < 1.29 is 14.8 Å². The first kappa shape index (κ1) is 12.3. The van der Waals surface area contributed by atoms with Gasteiger partial charge in [-0.1, -0.05) is 0 Å². The third-order valence-electron chi connectivity index (χ3n) is 2.44. The predicted octanol–water partition coefficient (Wildman–Crippen LogP) is 0.627. The van der Waals surface area contributed by atoms with E-state index in [2.05, 4.69) is 10.6 Å². The summed E-state index contributed by atoms with van der Waals surface area (Å²) in [4.78, 5) is 11.4. The summed E-state index contributed by atoms with van der Waals surface area (Å²) >= 11 is 0. The maximum atomic E-state index is 11.4. The number of hydrogen-bond acceptors (Lipinski definition) is 2. The Balaban J connectivity index is 2.15. The molecule has 15 heavy (non-hydrogen) atoms. The van der Waals surface area contributed by atoms with Crippen molar-refractivity contribution in [2.24, 2.45) is 0 Å². The molecule has 0 aromatic carbocycles. The number of nitrogens with two attached hydrogens (primary N) is 1. The molecule has 0 radical (unpaired) electrons. The fraction of sp³-hybridized carbons (Fsp3) is 0.909. The molecule has 1 rings (SSSR count). The Hall–Kier alpha value is -0.770. The number of amides is 1. The first-order valence-corrected chi connectivity index (χ1v) is 5.77. The number of rotatable bonds is 2. The van der Waals surface area contributed by atoms with Crippen LogP contribution in [0.1, 0.15) is 40.0 Å². The number of quaternary nitrogens is 1. The van der Waals surface area contributed by atoms with Crippen molar-refractivity contribution >= 4 is 6.09 Å². The molecule has 0 unspecified atom stereocenters. The van der Waals surface area contributed by atoms with E-state index >= 15 is 0 Å². The molecule has 0 saturated carbocycles. The van der Waals surface area contributed by atoms with Gasteiger partial charge in [0.1, 0.15) is 11.6 Å². The van der Waals surface area contributed by atoms with Gasteiger partial charge in [0.15, 0.2) is 0 Å². The minimum atomic E-state index is -0.402. The van der Waals surface area contributed by atoms with Gasteiger partial charge in [-0.2, -0.15) is 0 Å². The van der Waals surface area contributed by atoms with Crippen LogP contribution in [0.4, 0.5) is 4.79 Å². The van der Waals surface area contributed by atoms with Crippen LogP contribution in [0.25, 0.3) is 0 Å². The van der Waals surface area contributed by atoms with Crippen molar-refractivity contribution in [3.05, 3.63) is 0 Å². The number of carbonyl (C=O) groups excluding carboxylic acids is 1. The Labute approximate surface area is 91.8 Å². The number of ether oxygens (including phenoxy) is 1. The summed E-state index contributed by atoms with van der Waals surface area (Å²) in [5, 5.41) is 5.12. The smallest absolute Gasteiger partial charge is 0.407 e. The lowest BCUT2D eigenvalue weighted by Crippen LogP contribution is -2.93. The van der Waals surface area contributed by atoms with Gasteiger partial charge in [-0.05, 0) is 33.6 Å². The molecule has 1 aliphatic rings. The zero-order valence-corrected chi connectivity index (χ0v) is 10.0. The van der Waals surface area contributed by atoms with E-state index in [9.17, 15) is 4.79 Å². The number of alkyl carbamates (subject to hydrolysis) is 1. The minimum Gasteiger partial charge on any atom is -0.444 e. The number of carbonyl (C=O) groups is 1. The Kier molecular flexibility index (Phi) is 4.39. The molecule has 0 aromatic heterocycles. The highest BCUT2D eigenvalue weighted by atomic mass is 16.6. The van der Waals surface area contributed by atoms with Crippen molar-refractivity contribution in [2.75, 3.05) is 13.1 Å². The Morgan fingerprint density at radius 1 is 1.47 bits per heavy atom. The monoisotopic (exact) mass is 215 g/mol. The van der Waals surface area contributed by atoms with Crippen molar-refractivity contribution in [3.63, 3.8) is 0 Å². The molecule has 4 nitrogen and oxygen atoms in total. The van der Waals surface area contributed by atoms with Crippen LogP contribution in [-0.2, 0) is 4.74 Å². The molecule has 4 heteroatoms. The van der Waals surface area contributed by atoms with Crippen LogP contribution in [0.15, 0.2) is 0 Å². The van der Waals surface area contributed by atoms with Crippen molar-refractivity contribution in [2.45, 2.75) is 51.7 Å². The van der Waals surface area contributed by atoms with Crippen LogP contribution in [0.2, 0.25) is 0 Å². The summed E-state index contributed by atoms with van der Waals surface area (Å²) in [7, 11) is 0. The van der Waals surface area contributed by atoms with Crippen LogP contribution in [0, 0.1) is 0 Å². The zero-order chi connectivity index (χ0) is 11.3. The second kappa shape index (κ2) is 5.35. The molecule has 1 amide bonds. The SMILES string of the molecule is CC(C)(C)OC(=O)NC[C@@H]1CCCC[NH2+]1. The summed E-state index contributed by atoms with van der Waals surface area (Å²) < 4.78 is 5.16. The van der Waals surface area contributed by atoms with Gasteiger partial charge in [0.25, 0.3) is 0 Å². The third kappa shape index (κ3) is 5.62. The van der Waals surface area contributed by atoms with Gasteiger partial charge < -0.3 is 15.4 Å². The van der Waals surface area contributed by atoms with Crippen molar-refractivity contribution in [1.29, 1.82) is 0 Å². The highest BCUT2D eigenvalue weighted by molar-refractivity contribution is 5.67. The first-order chi connectivity index (χ1) is 6.97. The van der Waals surface area contributed by atoms with E-state index in [0.717, 1.165) is 6.54 Å². The fourth-order valence-electron chi connectivity index (χ4n) is 1.74. The lowest BCUT2D eigenvalue weighted by atomic mass is 10.1. The highest BCUT2D eigenvalue weighted by Gasteiger charge is 2.19. The van der Waals surface area contributed by atoms with E-state index in [1.165, 1.54) is 25.8 Å². The predicted molar refractivity (Wildman–Crippen MR) is 58.7 cm³/mol. The molecule has 0 spiro atoms. The van der Waals surface area contributed by atoms with Crippen LogP contribution in [-0.4, -0.2) is 30.8 Å². The summed E-state index contributed by atoms with van der Waals surface area (Å²) in [6.45, 7) is 7.52. The van der Waals surface area contributed by atoms with Gasteiger partial charge in [0, 0.05) is 6.42 Å². The first-order valence-electron chi connectivity index (χ1n) is 5.77. The molecular formula is C11H23N2O2+. The second-order valence-corrected chi connectivity index (χ2v) is 5.16. The van der Waals surface area contributed by atoms with E-state index in [4.69, 9.17) is 4.74 Å².